The van der Waals surface area contributed by atoms with Crippen molar-refractivity contribution < 1.29 is 50.1 Å². The Labute approximate surface area is 221 Å². The molecule has 2 aromatic carbocycles. The molecule has 2 heterocycles. The lowest BCUT2D eigenvalue weighted by atomic mass is 10.1. The van der Waals surface area contributed by atoms with Gasteiger partial charge in [-0.05, 0) is 36.4 Å². The third-order valence-electron chi connectivity index (χ3n) is 5.78. The van der Waals surface area contributed by atoms with Gasteiger partial charge in [0.1, 0.15) is 23.1 Å². The van der Waals surface area contributed by atoms with Crippen LogP contribution in [0.3, 0.4) is 0 Å². The molecule has 1 aliphatic heterocycles. The fourth-order valence-electron chi connectivity index (χ4n) is 4.05. The molecule has 8 nitrogen and oxygen atoms in total. The minimum Gasteiger partial charge on any atom is -0.497 e. The summed E-state index contributed by atoms with van der Waals surface area (Å²) in [5, 5.41) is 14.8. The summed E-state index contributed by atoms with van der Waals surface area (Å²) in [6.07, 6.45) is -6.05. The van der Waals surface area contributed by atoms with Crippen molar-refractivity contribution in [3.63, 3.8) is 0 Å². The third kappa shape index (κ3) is 5.45. The fraction of sp³-hybridized carbons (Fsp3) is 0.200. The number of methoxy groups -OCH3 is 1. The number of halogens is 7. The highest BCUT2D eigenvalue weighted by Gasteiger charge is 2.45. The topological polar surface area (TPSA) is 87.2 Å². The molecule has 0 saturated heterocycles. The van der Waals surface area contributed by atoms with E-state index in [9.17, 15) is 31.9 Å². The number of nitrogens with one attached hydrogen (secondary N) is 1. The summed E-state index contributed by atoms with van der Waals surface area (Å²) in [5.74, 6) is -4.73. The highest BCUT2D eigenvalue weighted by atomic mass is 19.4. The smallest absolute Gasteiger partial charge is 0.420 e. The molecule has 4 rings (SSSR count). The second kappa shape index (κ2) is 10.9. The van der Waals surface area contributed by atoms with Crippen LogP contribution in [0.4, 0.5) is 36.6 Å². The summed E-state index contributed by atoms with van der Waals surface area (Å²) in [6, 6.07) is 7.58. The van der Waals surface area contributed by atoms with Crippen LogP contribution in [-0.4, -0.2) is 48.0 Å². The Balaban J connectivity index is 1.83. The summed E-state index contributed by atoms with van der Waals surface area (Å²) in [6.45, 7) is -3.12. The number of aliphatic hydroxyl groups excluding tert-OH is 1. The molecule has 0 saturated carbocycles. The molecule has 1 atom stereocenters. The summed E-state index contributed by atoms with van der Waals surface area (Å²) in [4.78, 5) is 16.7. The Morgan fingerprint density at radius 3 is 2.25 bits per heavy atom. The quantitative estimate of drug-likeness (QED) is 0.395. The van der Waals surface area contributed by atoms with Crippen molar-refractivity contribution >= 4 is 17.4 Å². The van der Waals surface area contributed by atoms with E-state index in [1.165, 1.54) is 0 Å². The number of rotatable bonds is 7. The Morgan fingerprint density at radius 2 is 1.70 bits per heavy atom. The lowest BCUT2D eigenvalue weighted by Crippen LogP contribution is -2.44. The molecule has 40 heavy (non-hydrogen) atoms. The van der Waals surface area contributed by atoms with Crippen LogP contribution in [0.5, 0.6) is 11.5 Å². The first kappa shape index (κ1) is 28.5. The standard InChI is InChI=1S/C25H19F7N4O4/c1-35-20(18-16(26)10-14(39-2)11-17(18)27)19(34-22(37)12-5-7-13(8-6-12)40-24(28)29)23(38)36(35)21-15(25(30,31)32)4-3-9-33-21/h3-11,23-24,38H,1-2H3,(H,34,37). The minimum atomic E-state index is -4.94. The molecular weight excluding hydrogens is 553 g/mol. The van der Waals surface area contributed by atoms with Crippen LogP contribution in [0.1, 0.15) is 21.5 Å². The average Bonchev–Trinajstić information content (AvgIpc) is 3.12. The number of alkyl halides is 5. The molecule has 212 valence electrons. The van der Waals surface area contributed by atoms with Crippen molar-refractivity contribution in [2.75, 3.05) is 19.2 Å². The number of hydrogen-bond acceptors (Lipinski definition) is 7. The Kier molecular flexibility index (Phi) is 7.77. The summed E-state index contributed by atoms with van der Waals surface area (Å²) >= 11 is 0. The van der Waals surface area contributed by atoms with Crippen molar-refractivity contribution in [2.24, 2.45) is 0 Å². The SMILES string of the molecule is COc1cc(F)c(C2=C(NC(=O)c3ccc(OC(F)F)cc3)C(O)N(c3ncccc3C(F)(F)F)N2C)c(F)c1. The second-order valence-corrected chi connectivity index (χ2v) is 8.20. The lowest BCUT2D eigenvalue weighted by Gasteiger charge is -2.32. The van der Waals surface area contributed by atoms with Crippen LogP contribution in [-0.2, 0) is 6.18 Å². The number of benzene rings is 2. The predicted molar refractivity (Wildman–Crippen MR) is 126 cm³/mol. The Bertz CT molecular complexity index is 1420. The molecule has 0 radical (unpaired) electrons. The number of ether oxygens (including phenoxy) is 2. The van der Waals surface area contributed by atoms with Gasteiger partial charge in [0, 0.05) is 30.9 Å². The van der Waals surface area contributed by atoms with E-state index in [0.29, 0.717) is 11.1 Å². The molecule has 0 aliphatic carbocycles. The number of hydrogen-bond donors (Lipinski definition) is 2. The van der Waals surface area contributed by atoms with Crippen LogP contribution in [0.2, 0.25) is 0 Å². The Morgan fingerprint density at radius 1 is 1.07 bits per heavy atom. The molecular formula is C25H19F7N4O4. The number of anilines is 1. The van der Waals surface area contributed by atoms with E-state index in [-0.39, 0.29) is 17.1 Å². The number of aliphatic hydroxyl groups is 1. The zero-order valence-corrected chi connectivity index (χ0v) is 20.5. The van der Waals surface area contributed by atoms with Crippen LogP contribution >= 0.6 is 0 Å². The molecule has 15 heteroatoms. The summed E-state index contributed by atoms with van der Waals surface area (Å²) in [7, 11) is 2.26. The van der Waals surface area contributed by atoms with Gasteiger partial charge in [-0.2, -0.15) is 22.0 Å². The average molecular weight is 572 g/mol. The third-order valence-corrected chi connectivity index (χ3v) is 5.78. The van der Waals surface area contributed by atoms with Crippen LogP contribution < -0.4 is 19.8 Å². The molecule has 0 spiro atoms. The van der Waals surface area contributed by atoms with E-state index < -0.39 is 64.9 Å². The van der Waals surface area contributed by atoms with E-state index >= 15 is 8.78 Å². The maximum absolute atomic E-state index is 15.2. The number of pyridine rings is 1. The molecule has 1 aromatic heterocycles. The number of hydrazine groups is 1. The van der Waals surface area contributed by atoms with Gasteiger partial charge >= 0.3 is 12.8 Å². The van der Waals surface area contributed by atoms with Gasteiger partial charge in [-0.3, -0.25) is 9.80 Å². The molecule has 0 fully saturated rings. The summed E-state index contributed by atoms with van der Waals surface area (Å²) < 4.78 is 106. The van der Waals surface area contributed by atoms with Crippen molar-refractivity contribution in [3.8, 4) is 11.5 Å². The molecule has 1 amide bonds. The number of nitrogens with zero attached hydrogens (tertiary/aromatic N) is 3. The van der Waals surface area contributed by atoms with Gasteiger partial charge in [0.05, 0.1) is 29.6 Å². The number of aromatic nitrogens is 1. The van der Waals surface area contributed by atoms with E-state index in [1.54, 1.807) is 0 Å². The van der Waals surface area contributed by atoms with Gasteiger partial charge < -0.3 is 19.9 Å². The van der Waals surface area contributed by atoms with Crippen LogP contribution in [0.15, 0.2) is 60.4 Å². The van der Waals surface area contributed by atoms with Crippen molar-refractivity contribution in [2.45, 2.75) is 19.0 Å². The molecule has 2 N–H and O–H groups in total. The zero-order valence-electron chi connectivity index (χ0n) is 20.5. The molecule has 1 aliphatic rings. The zero-order chi connectivity index (χ0) is 29.4. The monoisotopic (exact) mass is 572 g/mol. The first-order valence-corrected chi connectivity index (χ1v) is 11.2. The first-order valence-electron chi connectivity index (χ1n) is 11.2. The van der Waals surface area contributed by atoms with Gasteiger partial charge in [0.25, 0.3) is 5.91 Å². The van der Waals surface area contributed by atoms with Crippen molar-refractivity contribution in [3.05, 3.63) is 88.7 Å². The maximum Gasteiger partial charge on any atom is 0.420 e. The van der Waals surface area contributed by atoms with Crippen molar-refractivity contribution in [1.82, 2.24) is 15.3 Å². The minimum absolute atomic E-state index is 0.161. The largest absolute Gasteiger partial charge is 0.497 e. The summed E-state index contributed by atoms with van der Waals surface area (Å²) in [5.41, 5.74) is -3.37. The second-order valence-electron chi connectivity index (χ2n) is 8.20. The van der Waals surface area contributed by atoms with Crippen LogP contribution in [0, 0.1) is 11.6 Å². The molecule has 3 aromatic rings. The van der Waals surface area contributed by atoms with Crippen molar-refractivity contribution in [1.29, 1.82) is 0 Å². The van der Waals surface area contributed by atoms with E-state index in [4.69, 9.17) is 4.74 Å². The highest BCUT2D eigenvalue weighted by molar-refractivity contribution is 5.97. The number of carbonyl (C=O) groups excluding carboxylic acids is 1. The van der Waals surface area contributed by atoms with Gasteiger partial charge in [-0.25, -0.2) is 18.8 Å². The van der Waals surface area contributed by atoms with Gasteiger partial charge in [0.15, 0.2) is 12.0 Å². The van der Waals surface area contributed by atoms with E-state index in [2.05, 4.69) is 15.0 Å². The Hall–Kier alpha value is -4.53. The number of carbonyl (C=O) groups is 1. The van der Waals surface area contributed by atoms with E-state index in [0.717, 1.165) is 67.8 Å². The first-order chi connectivity index (χ1) is 18.8. The maximum atomic E-state index is 15.2. The highest BCUT2D eigenvalue weighted by Crippen LogP contribution is 2.42. The van der Waals surface area contributed by atoms with Crippen LogP contribution in [0.25, 0.3) is 5.70 Å². The van der Waals surface area contributed by atoms with Gasteiger partial charge in [0.2, 0.25) is 0 Å². The van der Waals surface area contributed by atoms with Gasteiger partial charge in [-0.15, -0.1) is 0 Å². The lowest BCUT2D eigenvalue weighted by molar-refractivity contribution is -0.137. The normalized spacial score (nSPS) is 15.6. The predicted octanol–water partition coefficient (Wildman–Crippen LogP) is 4.77. The van der Waals surface area contributed by atoms with E-state index in [1.807, 2.05) is 0 Å². The fourth-order valence-corrected chi connectivity index (χ4v) is 4.05. The van der Waals surface area contributed by atoms with Gasteiger partial charge in [-0.1, -0.05) is 0 Å². The molecule has 1 unspecified atom stereocenters. The number of amides is 1. The molecule has 0 bridgehead atoms.